The average Bonchev–Trinajstić information content (AvgIpc) is 3.01. The van der Waals surface area contributed by atoms with Crippen molar-refractivity contribution >= 4 is 23.2 Å². The van der Waals surface area contributed by atoms with Crippen LogP contribution in [0, 0.1) is 0 Å². The number of hydrogen-bond acceptors (Lipinski definition) is 5. The molecule has 6 heteroatoms. The van der Waals surface area contributed by atoms with Gasteiger partial charge in [-0.25, -0.2) is 9.97 Å². The molecule has 1 fully saturated rings. The van der Waals surface area contributed by atoms with Crippen LogP contribution >= 0.6 is 11.6 Å². The highest BCUT2D eigenvalue weighted by Gasteiger charge is 2.13. The van der Waals surface area contributed by atoms with Crippen molar-refractivity contribution in [2.75, 3.05) is 23.3 Å². The molecule has 0 atom stereocenters. The summed E-state index contributed by atoms with van der Waals surface area (Å²) >= 11 is 5.81. The van der Waals surface area contributed by atoms with E-state index in [4.69, 9.17) is 11.6 Å². The number of hydrogen-bond donors (Lipinski definition) is 1. The van der Waals surface area contributed by atoms with E-state index in [2.05, 4.69) is 25.2 Å². The second-order valence-electron chi connectivity index (χ2n) is 4.78. The number of nitrogens with zero attached hydrogens (tertiary/aromatic N) is 4. The van der Waals surface area contributed by atoms with Crippen molar-refractivity contribution in [3.8, 4) is 0 Å². The van der Waals surface area contributed by atoms with Gasteiger partial charge in [0, 0.05) is 25.4 Å². The van der Waals surface area contributed by atoms with E-state index in [9.17, 15) is 0 Å². The third-order valence-corrected chi connectivity index (χ3v) is 3.55. The number of anilines is 2. The SMILES string of the molecule is Clc1ccc(CNc2cc(N3CCCC3)ncn2)nc1. The van der Waals surface area contributed by atoms with Gasteiger partial charge in [0.05, 0.1) is 17.3 Å². The summed E-state index contributed by atoms with van der Waals surface area (Å²) in [4.78, 5) is 15.1. The van der Waals surface area contributed by atoms with Crippen LogP contribution in [0.5, 0.6) is 0 Å². The van der Waals surface area contributed by atoms with E-state index in [-0.39, 0.29) is 0 Å². The lowest BCUT2D eigenvalue weighted by molar-refractivity contribution is 0.924. The topological polar surface area (TPSA) is 53.9 Å². The summed E-state index contributed by atoms with van der Waals surface area (Å²) in [5.41, 5.74) is 0.927. The van der Waals surface area contributed by atoms with Crippen molar-refractivity contribution in [3.63, 3.8) is 0 Å². The van der Waals surface area contributed by atoms with Gasteiger partial charge in [0.1, 0.15) is 18.0 Å². The van der Waals surface area contributed by atoms with Gasteiger partial charge >= 0.3 is 0 Å². The predicted octanol–water partition coefficient (Wildman–Crippen LogP) is 2.74. The number of halogens is 1. The van der Waals surface area contributed by atoms with Crippen LogP contribution in [-0.4, -0.2) is 28.0 Å². The van der Waals surface area contributed by atoms with Gasteiger partial charge in [0.2, 0.25) is 0 Å². The van der Waals surface area contributed by atoms with Gasteiger partial charge in [0.15, 0.2) is 0 Å². The molecule has 0 amide bonds. The first-order valence-corrected chi connectivity index (χ1v) is 7.10. The minimum Gasteiger partial charge on any atom is -0.364 e. The minimum absolute atomic E-state index is 0.619. The molecule has 3 heterocycles. The number of rotatable bonds is 4. The van der Waals surface area contributed by atoms with Gasteiger partial charge < -0.3 is 10.2 Å². The molecule has 0 bridgehead atoms. The Hall–Kier alpha value is -1.88. The molecule has 1 aliphatic heterocycles. The molecule has 0 aliphatic carbocycles. The molecule has 5 nitrogen and oxygen atoms in total. The molecule has 1 N–H and O–H groups in total. The fourth-order valence-electron chi connectivity index (χ4n) is 2.26. The third-order valence-electron chi connectivity index (χ3n) is 3.32. The Morgan fingerprint density at radius 2 is 2.00 bits per heavy atom. The van der Waals surface area contributed by atoms with Crippen molar-refractivity contribution < 1.29 is 0 Å². The molecule has 2 aromatic rings. The summed E-state index contributed by atoms with van der Waals surface area (Å²) in [7, 11) is 0. The Morgan fingerprint density at radius 3 is 2.75 bits per heavy atom. The maximum atomic E-state index is 5.81. The molecule has 2 aromatic heterocycles. The molecule has 0 saturated carbocycles. The average molecular weight is 290 g/mol. The summed E-state index contributed by atoms with van der Waals surface area (Å²) in [6.45, 7) is 2.78. The van der Waals surface area contributed by atoms with Gasteiger partial charge in [-0.3, -0.25) is 4.98 Å². The molecule has 0 spiro atoms. The highest BCUT2D eigenvalue weighted by Crippen LogP contribution is 2.19. The molecule has 0 unspecified atom stereocenters. The standard InChI is InChI=1S/C14H16ClN5/c15-11-3-4-12(16-8-11)9-17-13-7-14(19-10-18-13)20-5-1-2-6-20/h3-4,7-8,10H,1-2,5-6,9H2,(H,17,18,19). The lowest BCUT2D eigenvalue weighted by Gasteiger charge is -2.16. The zero-order valence-electron chi connectivity index (χ0n) is 11.1. The maximum absolute atomic E-state index is 5.81. The van der Waals surface area contributed by atoms with Crippen LogP contribution in [0.15, 0.2) is 30.7 Å². The van der Waals surface area contributed by atoms with E-state index < -0.39 is 0 Å². The summed E-state index contributed by atoms with van der Waals surface area (Å²) < 4.78 is 0. The van der Waals surface area contributed by atoms with E-state index in [0.717, 1.165) is 30.4 Å². The predicted molar refractivity (Wildman–Crippen MR) is 80.1 cm³/mol. The summed E-state index contributed by atoms with van der Waals surface area (Å²) in [5, 5.41) is 3.91. The van der Waals surface area contributed by atoms with E-state index in [1.807, 2.05) is 18.2 Å². The Bertz CT molecular complexity index is 566. The number of aromatic nitrogens is 3. The van der Waals surface area contributed by atoms with E-state index in [1.165, 1.54) is 12.8 Å². The molecular formula is C14H16ClN5. The van der Waals surface area contributed by atoms with E-state index >= 15 is 0 Å². The third kappa shape index (κ3) is 3.17. The minimum atomic E-state index is 0.619. The fraction of sp³-hybridized carbons (Fsp3) is 0.357. The van der Waals surface area contributed by atoms with Crippen molar-refractivity contribution in [2.45, 2.75) is 19.4 Å². The summed E-state index contributed by atoms with van der Waals surface area (Å²) in [6, 6.07) is 5.72. The van der Waals surface area contributed by atoms with Crippen LogP contribution in [0.2, 0.25) is 5.02 Å². The quantitative estimate of drug-likeness (QED) is 0.938. The molecule has 20 heavy (non-hydrogen) atoms. The van der Waals surface area contributed by atoms with Crippen LogP contribution in [0.4, 0.5) is 11.6 Å². The molecule has 3 rings (SSSR count). The number of nitrogens with one attached hydrogen (secondary N) is 1. The van der Waals surface area contributed by atoms with Gasteiger partial charge in [-0.05, 0) is 25.0 Å². The van der Waals surface area contributed by atoms with Crippen molar-refractivity contribution in [1.82, 2.24) is 15.0 Å². The Balaban J connectivity index is 1.65. The zero-order chi connectivity index (χ0) is 13.8. The monoisotopic (exact) mass is 289 g/mol. The first-order valence-electron chi connectivity index (χ1n) is 6.72. The molecule has 1 aliphatic rings. The fourth-order valence-corrected chi connectivity index (χ4v) is 2.37. The smallest absolute Gasteiger partial charge is 0.134 e. The normalized spacial score (nSPS) is 14.6. The Kier molecular flexibility index (Phi) is 3.97. The van der Waals surface area contributed by atoms with Crippen LogP contribution in [0.3, 0.4) is 0 Å². The molecule has 1 saturated heterocycles. The Labute approximate surface area is 123 Å². The lowest BCUT2D eigenvalue weighted by Crippen LogP contribution is -2.19. The van der Waals surface area contributed by atoms with Gasteiger partial charge in [-0.1, -0.05) is 11.6 Å². The van der Waals surface area contributed by atoms with Gasteiger partial charge in [-0.15, -0.1) is 0 Å². The zero-order valence-corrected chi connectivity index (χ0v) is 11.8. The highest BCUT2D eigenvalue weighted by molar-refractivity contribution is 6.30. The summed E-state index contributed by atoms with van der Waals surface area (Å²) in [5.74, 6) is 1.81. The lowest BCUT2D eigenvalue weighted by atomic mass is 10.3. The molecule has 0 aromatic carbocycles. The van der Waals surface area contributed by atoms with Crippen molar-refractivity contribution in [1.29, 1.82) is 0 Å². The summed E-state index contributed by atoms with van der Waals surface area (Å²) in [6.07, 6.45) is 5.72. The molecular weight excluding hydrogens is 274 g/mol. The van der Waals surface area contributed by atoms with Crippen LogP contribution < -0.4 is 10.2 Å². The molecule has 0 radical (unpaired) electrons. The second kappa shape index (κ2) is 6.05. The van der Waals surface area contributed by atoms with E-state index in [1.54, 1.807) is 12.5 Å². The molecule has 104 valence electrons. The maximum Gasteiger partial charge on any atom is 0.134 e. The van der Waals surface area contributed by atoms with Crippen LogP contribution in [0.1, 0.15) is 18.5 Å². The van der Waals surface area contributed by atoms with Gasteiger partial charge in [0.25, 0.3) is 0 Å². The second-order valence-corrected chi connectivity index (χ2v) is 5.21. The number of pyridine rings is 1. The van der Waals surface area contributed by atoms with Crippen molar-refractivity contribution in [3.05, 3.63) is 41.4 Å². The highest BCUT2D eigenvalue weighted by atomic mass is 35.5. The largest absolute Gasteiger partial charge is 0.364 e. The van der Waals surface area contributed by atoms with E-state index in [0.29, 0.717) is 11.6 Å². The van der Waals surface area contributed by atoms with Crippen LogP contribution in [-0.2, 0) is 6.54 Å². The van der Waals surface area contributed by atoms with Gasteiger partial charge in [-0.2, -0.15) is 0 Å². The van der Waals surface area contributed by atoms with Crippen molar-refractivity contribution in [2.24, 2.45) is 0 Å². The first-order chi connectivity index (χ1) is 9.81. The first kappa shape index (κ1) is 13.1. The van der Waals surface area contributed by atoms with Crippen LogP contribution in [0.25, 0.3) is 0 Å². The Morgan fingerprint density at radius 1 is 1.15 bits per heavy atom.